The summed E-state index contributed by atoms with van der Waals surface area (Å²) in [6.45, 7) is 11.7. The summed E-state index contributed by atoms with van der Waals surface area (Å²) in [7, 11) is 1.64. The summed E-state index contributed by atoms with van der Waals surface area (Å²) in [5.41, 5.74) is 5.16. The molecule has 2 aromatic carbocycles. The third kappa shape index (κ3) is 6.04. The van der Waals surface area contributed by atoms with Gasteiger partial charge in [-0.3, -0.25) is 4.79 Å². The molecule has 1 aliphatic heterocycles. The van der Waals surface area contributed by atoms with Crippen molar-refractivity contribution in [2.75, 3.05) is 32.1 Å². The Bertz CT molecular complexity index is 1560. The molecule has 1 N–H and O–H groups in total. The number of carbonyl (C=O) groups is 2. The van der Waals surface area contributed by atoms with Crippen molar-refractivity contribution in [2.24, 2.45) is 0 Å². The minimum absolute atomic E-state index is 0.0437. The van der Waals surface area contributed by atoms with Crippen LogP contribution in [0.15, 0.2) is 60.1 Å². The topological polar surface area (TPSA) is 92.6 Å². The lowest BCUT2D eigenvalue weighted by molar-refractivity contribution is 0.0590. The molecule has 0 bridgehead atoms. The van der Waals surface area contributed by atoms with Crippen molar-refractivity contribution < 1.29 is 14.3 Å². The highest BCUT2D eigenvalue weighted by atomic mass is 32.1. The number of methoxy groups -OCH3 is 1. The summed E-state index contributed by atoms with van der Waals surface area (Å²) in [6.07, 6.45) is 1.65. The zero-order chi connectivity index (χ0) is 30.0. The summed E-state index contributed by atoms with van der Waals surface area (Å²) < 4.78 is 7.14. The van der Waals surface area contributed by atoms with Gasteiger partial charge in [0, 0.05) is 42.3 Å². The maximum absolute atomic E-state index is 13.8. The standard InChI is InChI=1S/C32H38N6O3S/c1-20(2)23-10-12-25(13-11-23)34-31(40)37-15-14-36(18-22(37)5)30(39)27-17-33-38(29(27)21(3)4)32-35-28(19-42-32)24-8-7-9-26(16-24)41-6/h7-13,16-17,19-22H,14-15,18H2,1-6H3,(H,34,40). The molecule has 10 heteroatoms. The summed E-state index contributed by atoms with van der Waals surface area (Å²) >= 11 is 1.48. The van der Waals surface area contributed by atoms with E-state index in [-0.39, 0.29) is 23.9 Å². The number of ether oxygens (including phenoxy) is 1. The highest BCUT2D eigenvalue weighted by molar-refractivity contribution is 7.12. The van der Waals surface area contributed by atoms with Crippen LogP contribution >= 0.6 is 11.3 Å². The Labute approximate surface area is 251 Å². The lowest BCUT2D eigenvalue weighted by atomic mass is 10.0. The Morgan fingerprint density at radius 3 is 2.48 bits per heavy atom. The van der Waals surface area contributed by atoms with E-state index in [0.717, 1.165) is 28.4 Å². The highest BCUT2D eigenvalue weighted by Crippen LogP contribution is 2.30. The molecule has 1 fully saturated rings. The van der Waals surface area contributed by atoms with Crippen molar-refractivity contribution >= 4 is 29.0 Å². The normalized spacial score (nSPS) is 15.4. The molecule has 0 aliphatic carbocycles. The summed E-state index contributed by atoms with van der Waals surface area (Å²) in [4.78, 5) is 35.3. The quantitative estimate of drug-likeness (QED) is 0.262. The summed E-state index contributed by atoms with van der Waals surface area (Å²) in [6, 6.07) is 15.4. The minimum atomic E-state index is -0.154. The third-order valence-electron chi connectivity index (χ3n) is 7.63. The fraction of sp³-hybridized carbons (Fsp3) is 0.375. The molecule has 2 aromatic heterocycles. The second-order valence-corrected chi connectivity index (χ2v) is 12.1. The number of hydrogen-bond acceptors (Lipinski definition) is 6. The van der Waals surface area contributed by atoms with Crippen LogP contribution in [0.5, 0.6) is 5.75 Å². The van der Waals surface area contributed by atoms with Crippen molar-refractivity contribution in [3.8, 4) is 22.1 Å². The number of hydrogen-bond donors (Lipinski definition) is 1. The van der Waals surface area contributed by atoms with Gasteiger partial charge in [0.1, 0.15) is 5.75 Å². The van der Waals surface area contributed by atoms with Gasteiger partial charge in [0.15, 0.2) is 0 Å². The molecule has 1 aliphatic rings. The average molecular weight is 587 g/mol. The fourth-order valence-corrected chi connectivity index (χ4v) is 6.07. The summed E-state index contributed by atoms with van der Waals surface area (Å²) in [5, 5.41) is 10.3. The number of amides is 3. The second kappa shape index (κ2) is 12.4. The first-order valence-corrected chi connectivity index (χ1v) is 15.2. The number of piperazine rings is 1. The van der Waals surface area contributed by atoms with Crippen molar-refractivity contribution in [3.63, 3.8) is 0 Å². The number of carbonyl (C=O) groups excluding carboxylic acids is 2. The largest absolute Gasteiger partial charge is 0.497 e. The van der Waals surface area contributed by atoms with Gasteiger partial charge in [-0.15, -0.1) is 11.3 Å². The first-order valence-electron chi connectivity index (χ1n) is 14.3. The predicted octanol–water partition coefficient (Wildman–Crippen LogP) is 6.63. The molecular formula is C32H38N6O3S. The van der Waals surface area contributed by atoms with Crippen LogP contribution in [0, 0.1) is 0 Å². The van der Waals surface area contributed by atoms with Gasteiger partial charge in [0.05, 0.1) is 30.3 Å². The lowest BCUT2D eigenvalue weighted by Gasteiger charge is -2.39. The van der Waals surface area contributed by atoms with Gasteiger partial charge < -0.3 is 19.9 Å². The van der Waals surface area contributed by atoms with Gasteiger partial charge in [0.25, 0.3) is 5.91 Å². The van der Waals surface area contributed by atoms with E-state index in [1.54, 1.807) is 22.9 Å². The van der Waals surface area contributed by atoms with Gasteiger partial charge in [-0.1, -0.05) is 52.0 Å². The number of urea groups is 1. The Hall–Kier alpha value is -4.18. The molecule has 42 heavy (non-hydrogen) atoms. The fourth-order valence-electron chi connectivity index (χ4n) is 5.27. The molecule has 0 spiro atoms. The smallest absolute Gasteiger partial charge is 0.322 e. The first-order chi connectivity index (χ1) is 20.2. The summed E-state index contributed by atoms with van der Waals surface area (Å²) in [5.74, 6) is 1.17. The van der Waals surface area contributed by atoms with Gasteiger partial charge in [-0.05, 0) is 48.6 Å². The van der Waals surface area contributed by atoms with Crippen LogP contribution in [0.2, 0.25) is 0 Å². The van der Waals surface area contributed by atoms with E-state index in [1.807, 2.05) is 65.7 Å². The highest BCUT2D eigenvalue weighted by Gasteiger charge is 2.33. The zero-order valence-corrected chi connectivity index (χ0v) is 25.8. The second-order valence-electron chi connectivity index (χ2n) is 11.3. The van der Waals surface area contributed by atoms with Gasteiger partial charge in [-0.2, -0.15) is 5.10 Å². The molecule has 3 amide bonds. The number of rotatable bonds is 7. The van der Waals surface area contributed by atoms with Crippen LogP contribution in [0.25, 0.3) is 16.4 Å². The average Bonchev–Trinajstić information content (AvgIpc) is 3.65. The molecule has 1 saturated heterocycles. The third-order valence-corrected chi connectivity index (χ3v) is 8.44. The van der Waals surface area contributed by atoms with Crippen molar-refractivity contribution in [3.05, 3.63) is 76.9 Å². The van der Waals surface area contributed by atoms with Crippen LogP contribution in [-0.2, 0) is 0 Å². The van der Waals surface area contributed by atoms with Crippen molar-refractivity contribution in [2.45, 2.75) is 52.5 Å². The molecule has 1 unspecified atom stereocenters. The van der Waals surface area contributed by atoms with Crippen LogP contribution in [0.4, 0.5) is 10.5 Å². The van der Waals surface area contributed by atoms with E-state index in [9.17, 15) is 9.59 Å². The molecule has 1 atom stereocenters. The van der Waals surface area contributed by atoms with Gasteiger partial charge in [-0.25, -0.2) is 14.5 Å². The minimum Gasteiger partial charge on any atom is -0.497 e. The van der Waals surface area contributed by atoms with E-state index in [0.29, 0.717) is 36.2 Å². The molecule has 0 saturated carbocycles. The molecule has 5 rings (SSSR count). The predicted molar refractivity (Wildman–Crippen MR) is 167 cm³/mol. The van der Waals surface area contributed by atoms with Crippen molar-refractivity contribution in [1.82, 2.24) is 24.6 Å². The molecule has 0 radical (unpaired) electrons. The number of aromatic nitrogens is 3. The Kier molecular flexibility index (Phi) is 8.63. The molecular weight excluding hydrogens is 548 g/mol. The molecule has 220 valence electrons. The van der Waals surface area contributed by atoms with E-state index < -0.39 is 0 Å². The number of anilines is 1. The van der Waals surface area contributed by atoms with E-state index in [1.165, 1.54) is 16.9 Å². The molecule has 3 heterocycles. The number of benzene rings is 2. The van der Waals surface area contributed by atoms with Gasteiger partial charge in [0.2, 0.25) is 5.13 Å². The monoisotopic (exact) mass is 586 g/mol. The van der Waals surface area contributed by atoms with Crippen molar-refractivity contribution in [1.29, 1.82) is 0 Å². The van der Waals surface area contributed by atoms with E-state index >= 15 is 0 Å². The van der Waals surface area contributed by atoms with Crippen LogP contribution in [-0.4, -0.2) is 69.3 Å². The van der Waals surface area contributed by atoms with Gasteiger partial charge >= 0.3 is 6.03 Å². The Balaban J connectivity index is 1.29. The maximum Gasteiger partial charge on any atom is 0.322 e. The number of thiazole rings is 1. The Morgan fingerprint density at radius 1 is 1.05 bits per heavy atom. The number of nitrogens with one attached hydrogen (secondary N) is 1. The zero-order valence-electron chi connectivity index (χ0n) is 25.0. The van der Waals surface area contributed by atoms with E-state index in [4.69, 9.17) is 9.72 Å². The molecule has 9 nitrogen and oxygen atoms in total. The Morgan fingerprint density at radius 2 is 1.81 bits per heavy atom. The van der Waals surface area contributed by atoms with Crippen LogP contribution in [0.1, 0.15) is 68.1 Å². The SMILES string of the molecule is COc1cccc(-c2csc(-n3ncc(C(=O)N4CCN(C(=O)Nc5ccc(C(C)C)cc5)C(C)C4)c3C(C)C)n2)c1. The number of nitrogens with zero attached hydrogens (tertiary/aromatic N) is 5. The maximum atomic E-state index is 13.8. The van der Waals surface area contributed by atoms with Crippen LogP contribution < -0.4 is 10.1 Å². The lowest BCUT2D eigenvalue weighted by Crippen LogP contribution is -2.56. The van der Waals surface area contributed by atoms with E-state index in [2.05, 4.69) is 38.1 Å². The van der Waals surface area contributed by atoms with Crippen LogP contribution in [0.3, 0.4) is 0 Å². The molecule has 4 aromatic rings. The first kappa shape index (κ1) is 29.3.